The van der Waals surface area contributed by atoms with Crippen LogP contribution in [0.3, 0.4) is 0 Å². The minimum Gasteiger partial charge on any atom is -0.388 e. The van der Waals surface area contributed by atoms with E-state index in [-0.39, 0.29) is 5.41 Å². The molecule has 0 aliphatic heterocycles. The maximum Gasteiger partial charge on any atom is 0.0716 e. The third-order valence-corrected chi connectivity index (χ3v) is 8.03. The molecule has 0 spiro atoms. The maximum absolute atomic E-state index is 3.42. The average molecular weight is 461 g/mol. The Labute approximate surface area is 210 Å². The molecule has 0 radical (unpaired) electrons. The minimum atomic E-state index is -0.383. The van der Waals surface area contributed by atoms with Crippen molar-refractivity contribution in [3.05, 3.63) is 116 Å². The molecule has 0 bridgehead atoms. The second kappa shape index (κ2) is 8.30. The Morgan fingerprint density at radius 3 is 1.49 bits per heavy atom. The summed E-state index contributed by atoms with van der Waals surface area (Å²) >= 11 is 0. The number of fused-ring (bicyclic) bond motifs is 3. The van der Waals surface area contributed by atoms with Crippen LogP contribution < -0.4 is 10.6 Å². The number of hydrogen-bond donors (Lipinski definition) is 2. The lowest BCUT2D eigenvalue weighted by Crippen LogP contribution is -2.30. The molecule has 178 valence electrons. The first-order valence-electron chi connectivity index (χ1n) is 12.5. The Kier molecular flexibility index (Phi) is 5.51. The van der Waals surface area contributed by atoms with Gasteiger partial charge in [0.2, 0.25) is 0 Å². The van der Waals surface area contributed by atoms with Crippen molar-refractivity contribution in [3.8, 4) is 11.1 Å². The van der Waals surface area contributed by atoms with E-state index in [2.05, 4.69) is 113 Å². The number of nitrogens with one attached hydrogen (secondary N) is 2. The lowest BCUT2D eigenvalue weighted by molar-refractivity contribution is 0.757. The fourth-order valence-electron chi connectivity index (χ4n) is 6.76. The molecule has 2 nitrogen and oxygen atoms in total. The van der Waals surface area contributed by atoms with Crippen LogP contribution in [0.4, 0.5) is 11.4 Å². The van der Waals surface area contributed by atoms with Gasteiger partial charge in [-0.2, -0.15) is 0 Å². The van der Waals surface area contributed by atoms with E-state index >= 15 is 0 Å². The molecule has 1 aliphatic rings. The van der Waals surface area contributed by atoms with Crippen LogP contribution in [0.25, 0.3) is 11.1 Å². The quantitative estimate of drug-likeness (QED) is 0.284. The molecule has 0 heterocycles. The molecule has 35 heavy (non-hydrogen) atoms. The van der Waals surface area contributed by atoms with E-state index < -0.39 is 0 Å². The number of hydrogen-bond acceptors (Lipinski definition) is 2. The van der Waals surface area contributed by atoms with Gasteiger partial charge in [-0.1, -0.05) is 60.7 Å². The van der Waals surface area contributed by atoms with E-state index in [9.17, 15) is 0 Å². The summed E-state index contributed by atoms with van der Waals surface area (Å²) in [6, 6.07) is 23.3. The molecule has 0 fully saturated rings. The normalized spacial score (nSPS) is 13.4. The van der Waals surface area contributed by atoms with Gasteiger partial charge in [-0.05, 0) is 108 Å². The van der Waals surface area contributed by atoms with E-state index in [0.717, 1.165) is 0 Å². The number of aryl methyl sites for hydroxylation is 6. The lowest BCUT2D eigenvalue weighted by Gasteiger charge is -2.36. The van der Waals surface area contributed by atoms with Gasteiger partial charge < -0.3 is 10.6 Å². The smallest absolute Gasteiger partial charge is 0.0716 e. The zero-order chi connectivity index (χ0) is 25.1. The summed E-state index contributed by atoms with van der Waals surface area (Å²) < 4.78 is 0. The maximum atomic E-state index is 3.42. The van der Waals surface area contributed by atoms with Crippen molar-refractivity contribution in [2.75, 3.05) is 24.7 Å². The summed E-state index contributed by atoms with van der Waals surface area (Å²) in [4.78, 5) is 0. The third-order valence-electron chi connectivity index (χ3n) is 8.03. The molecule has 0 saturated heterocycles. The average Bonchev–Trinajstić information content (AvgIpc) is 3.12. The van der Waals surface area contributed by atoms with Crippen LogP contribution in [-0.2, 0) is 5.41 Å². The van der Waals surface area contributed by atoms with Crippen molar-refractivity contribution in [1.29, 1.82) is 0 Å². The second-order valence-corrected chi connectivity index (χ2v) is 10.2. The van der Waals surface area contributed by atoms with Crippen LogP contribution in [0, 0.1) is 41.5 Å². The molecule has 0 amide bonds. The molecule has 0 saturated carbocycles. The van der Waals surface area contributed by atoms with E-state index in [0.29, 0.717) is 0 Å². The third kappa shape index (κ3) is 3.16. The second-order valence-electron chi connectivity index (χ2n) is 10.2. The van der Waals surface area contributed by atoms with Crippen LogP contribution in [0.5, 0.6) is 0 Å². The monoisotopic (exact) mass is 460 g/mol. The summed E-state index contributed by atoms with van der Waals surface area (Å²) in [6.45, 7) is 13.4. The molecular formula is C33H36N2. The van der Waals surface area contributed by atoms with Gasteiger partial charge in [0.15, 0.2) is 0 Å². The van der Waals surface area contributed by atoms with Gasteiger partial charge in [0.1, 0.15) is 0 Å². The Bertz CT molecular complexity index is 1370. The summed E-state index contributed by atoms with van der Waals surface area (Å²) in [5.41, 5.74) is 18.0. The van der Waals surface area contributed by atoms with Crippen molar-refractivity contribution >= 4 is 11.4 Å². The Morgan fingerprint density at radius 1 is 0.543 bits per heavy atom. The molecular weight excluding hydrogens is 424 g/mol. The molecule has 0 unspecified atom stereocenters. The molecule has 2 heteroatoms. The number of rotatable bonds is 4. The topological polar surface area (TPSA) is 24.1 Å². The fraction of sp³-hybridized carbons (Fsp3) is 0.273. The van der Waals surface area contributed by atoms with Gasteiger partial charge in [-0.25, -0.2) is 0 Å². The van der Waals surface area contributed by atoms with Crippen LogP contribution in [-0.4, -0.2) is 14.1 Å². The summed E-state index contributed by atoms with van der Waals surface area (Å²) in [6.07, 6.45) is 0. The Hall–Kier alpha value is -3.52. The van der Waals surface area contributed by atoms with Gasteiger partial charge in [0.05, 0.1) is 5.41 Å². The van der Waals surface area contributed by atoms with Crippen molar-refractivity contribution < 1.29 is 0 Å². The molecule has 2 N–H and O–H groups in total. The highest BCUT2D eigenvalue weighted by Gasteiger charge is 2.48. The van der Waals surface area contributed by atoms with Crippen LogP contribution in [0.15, 0.2) is 60.7 Å². The largest absolute Gasteiger partial charge is 0.388 e. The summed E-state index contributed by atoms with van der Waals surface area (Å²) in [5, 5.41) is 6.83. The highest BCUT2D eigenvalue weighted by Crippen LogP contribution is 2.58. The number of anilines is 2. The van der Waals surface area contributed by atoms with Gasteiger partial charge in [-0.15, -0.1) is 0 Å². The molecule has 4 aromatic rings. The standard InChI is InChI=1S/C33H36N2/c1-19-11-10-14-28-29(19)27-13-9-12-20(2)30(27)33(28,25-15-21(3)31(34-7)22(4)16-25)26-17-23(5)32(35-8)24(6)18-26/h9-18,34-35H,1-8H3. The fourth-order valence-corrected chi connectivity index (χ4v) is 6.76. The highest BCUT2D eigenvalue weighted by molar-refractivity contribution is 5.89. The van der Waals surface area contributed by atoms with Crippen molar-refractivity contribution in [1.82, 2.24) is 0 Å². The molecule has 1 aliphatic carbocycles. The van der Waals surface area contributed by atoms with Gasteiger partial charge in [0, 0.05) is 25.5 Å². The van der Waals surface area contributed by atoms with Gasteiger partial charge in [-0.3, -0.25) is 0 Å². The first kappa shape index (κ1) is 23.2. The van der Waals surface area contributed by atoms with Gasteiger partial charge in [0.25, 0.3) is 0 Å². The van der Waals surface area contributed by atoms with E-state index in [1.54, 1.807) is 0 Å². The Balaban J connectivity index is 2.02. The zero-order valence-corrected chi connectivity index (χ0v) is 22.3. The predicted molar refractivity (Wildman–Crippen MR) is 151 cm³/mol. The van der Waals surface area contributed by atoms with Crippen molar-refractivity contribution in [2.45, 2.75) is 47.0 Å². The van der Waals surface area contributed by atoms with Crippen molar-refractivity contribution in [2.24, 2.45) is 0 Å². The first-order chi connectivity index (χ1) is 16.7. The highest BCUT2D eigenvalue weighted by atomic mass is 14.8. The van der Waals surface area contributed by atoms with E-state index in [1.165, 1.54) is 78.1 Å². The molecule has 4 aromatic carbocycles. The van der Waals surface area contributed by atoms with Crippen LogP contribution in [0.1, 0.15) is 55.6 Å². The van der Waals surface area contributed by atoms with Gasteiger partial charge >= 0.3 is 0 Å². The SMILES string of the molecule is CNc1c(C)cc(C2(c3cc(C)c(NC)c(C)c3)c3cccc(C)c3-c3cccc(C)c32)cc1C. The minimum absolute atomic E-state index is 0.383. The summed E-state index contributed by atoms with van der Waals surface area (Å²) in [5.74, 6) is 0. The lowest BCUT2D eigenvalue weighted by atomic mass is 9.65. The van der Waals surface area contributed by atoms with Crippen molar-refractivity contribution in [3.63, 3.8) is 0 Å². The van der Waals surface area contributed by atoms with Crippen LogP contribution >= 0.6 is 0 Å². The molecule has 0 atom stereocenters. The first-order valence-corrected chi connectivity index (χ1v) is 12.5. The predicted octanol–water partition coefficient (Wildman–Crippen LogP) is 7.98. The van der Waals surface area contributed by atoms with E-state index in [4.69, 9.17) is 0 Å². The summed E-state index contributed by atoms with van der Waals surface area (Å²) in [7, 11) is 4.03. The zero-order valence-electron chi connectivity index (χ0n) is 22.3. The Morgan fingerprint density at radius 2 is 1.00 bits per heavy atom. The van der Waals surface area contributed by atoms with E-state index in [1.807, 2.05) is 14.1 Å². The molecule has 0 aromatic heterocycles. The number of benzene rings is 4. The molecule has 5 rings (SSSR count). The van der Waals surface area contributed by atoms with Crippen LogP contribution in [0.2, 0.25) is 0 Å².